The highest BCUT2D eigenvalue weighted by Gasteiger charge is 2.33. The van der Waals surface area contributed by atoms with Crippen LogP contribution in [-0.2, 0) is 11.3 Å². The number of hydrogen-bond acceptors (Lipinski definition) is 3. The lowest BCUT2D eigenvalue weighted by molar-refractivity contribution is -0.116. The van der Waals surface area contributed by atoms with E-state index in [9.17, 15) is 9.59 Å². The van der Waals surface area contributed by atoms with Crippen LogP contribution in [0.15, 0.2) is 54.6 Å². The summed E-state index contributed by atoms with van der Waals surface area (Å²) in [6.45, 7) is 2.39. The van der Waals surface area contributed by atoms with Crippen LogP contribution in [0.2, 0.25) is 0 Å². The Morgan fingerprint density at radius 2 is 1.74 bits per heavy atom. The monoisotopic (exact) mass is 324 g/mol. The Kier molecular flexibility index (Phi) is 4.21. The van der Waals surface area contributed by atoms with E-state index in [2.05, 4.69) is 0 Å². The van der Waals surface area contributed by atoms with E-state index in [-0.39, 0.29) is 18.2 Å². The second-order valence-electron chi connectivity index (χ2n) is 5.46. The van der Waals surface area contributed by atoms with E-state index in [1.165, 1.54) is 11.8 Å². The van der Waals surface area contributed by atoms with Crippen molar-refractivity contribution in [1.82, 2.24) is 4.90 Å². The highest BCUT2D eigenvalue weighted by atomic mass is 32.1. The molecular weight excluding hydrogens is 308 g/mol. The number of ketones is 1. The van der Waals surface area contributed by atoms with Crippen LogP contribution in [-0.4, -0.2) is 28.2 Å². The maximum Gasteiger partial charge on any atom is 0.252 e. The van der Waals surface area contributed by atoms with Crippen molar-refractivity contribution in [2.75, 3.05) is 11.4 Å². The van der Waals surface area contributed by atoms with E-state index in [0.29, 0.717) is 22.9 Å². The second-order valence-corrected chi connectivity index (χ2v) is 5.82. The largest absolute Gasteiger partial charge is 0.335 e. The molecule has 0 aliphatic carbocycles. The van der Waals surface area contributed by atoms with Crippen molar-refractivity contribution in [3.05, 3.63) is 65.7 Å². The van der Waals surface area contributed by atoms with Crippen LogP contribution >= 0.6 is 12.2 Å². The van der Waals surface area contributed by atoms with Gasteiger partial charge in [-0.3, -0.25) is 14.5 Å². The number of carbonyl (C=O) groups is 2. The molecule has 1 amide bonds. The van der Waals surface area contributed by atoms with Crippen molar-refractivity contribution < 1.29 is 9.59 Å². The number of benzene rings is 2. The Labute approximate surface area is 140 Å². The number of rotatable bonds is 4. The fraction of sp³-hybridized carbons (Fsp3) is 0.167. The molecule has 2 aromatic rings. The zero-order chi connectivity index (χ0) is 16.4. The standard InChI is InChI=1S/C18H16N2O2S/c1-13(21)15-7-9-16(10-8-15)20-17(22)12-19(18(20)23)11-14-5-3-2-4-6-14/h2-10H,11-12H2,1H3. The molecule has 0 unspecified atom stereocenters. The Bertz CT molecular complexity index is 756. The van der Waals surface area contributed by atoms with Crippen molar-refractivity contribution in [3.8, 4) is 0 Å². The molecule has 0 bridgehead atoms. The number of hydrogen-bond donors (Lipinski definition) is 0. The van der Waals surface area contributed by atoms with Crippen molar-refractivity contribution in [2.24, 2.45) is 0 Å². The molecule has 3 rings (SSSR count). The van der Waals surface area contributed by atoms with E-state index in [1.807, 2.05) is 35.2 Å². The number of carbonyl (C=O) groups excluding carboxylic acids is 2. The maximum atomic E-state index is 12.3. The van der Waals surface area contributed by atoms with Crippen LogP contribution < -0.4 is 4.90 Å². The Morgan fingerprint density at radius 1 is 1.09 bits per heavy atom. The summed E-state index contributed by atoms with van der Waals surface area (Å²) in [5.74, 6) is -0.0564. The van der Waals surface area contributed by atoms with E-state index < -0.39 is 0 Å². The van der Waals surface area contributed by atoms with Crippen molar-refractivity contribution >= 4 is 34.7 Å². The molecule has 0 spiro atoms. The maximum absolute atomic E-state index is 12.3. The quantitative estimate of drug-likeness (QED) is 0.640. The Morgan fingerprint density at radius 3 is 2.35 bits per heavy atom. The minimum atomic E-state index is -0.0542. The summed E-state index contributed by atoms with van der Waals surface area (Å²) >= 11 is 5.47. The van der Waals surface area contributed by atoms with Gasteiger partial charge in [-0.15, -0.1) is 0 Å². The summed E-state index contributed by atoms with van der Waals surface area (Å²) in [6.07, 6.45) is 0. The topological polar surface area (TPSA) is 40.6 Å². The molecule has 23 heavy (non-hydrogen) atoms. The minimum Gasteiger partial charge on any atom is -0.335 e. The molecule has 0 aromatic heterocycles. The molecule has 2 aromatic carbocycles. The third kappa shape index (κ3) is 3.14. The van der Waals surface area contributed by atoms with Gasteiger partial charge in [0.2, 0.25) is 0 Å². The molecule has 1 fully saturated rings. The summed E-state index contributed by atoms with van der Waals surface area (Å²) in [7, 11) is 0. The van der Waals surface area contributed by atoms with E-state index >= 15 is 0 Å². The Hall–Kier alpha value is -2.53. The van der Waals surface area contributed by atoms with Gasteiger partial charge in [0, 0.05) is 12.1 Å². The van der Waals surface area contributed by atoms with E-state index in [0.717, 1.165) is 5.56 Å². The summed E-state index contributed by atoms with van der Waals surface area (Å²) in [5.41, 5.74) is 2.42. The van der Waals surface area contributed by atoms with Crippen molar-refractivity contribution in [1.29, 1.82) is 0 Å². The first kappa shape index (κ1) is 15.4. The second kappa shape index (κ2) is 6.30. The molecule has 1 heterocycles. The fourth-order valence-corrected chi connectivity index (χ4v) is 2.91. The smallest absolute Gasteiger partial charge is 0.252 e. The fourth-order valence-electron chi connectivity index (χ4n) is 2.58. The van der Waals surface area contributed by atoms with Crippen LogP contribution in [0.5, 0.6) is 0 Å². The predicted octanol–water partition coefficient (Wildman–Crippen LogP) is 3.02. The molecule has 5 heteroatoms. The lowest BCUT2D eigenvalue weighted by atomic mass is 10.1. The molecule has 0 N–H and O–H groups in total. The van der Waals surface area contributed by atoms with Gasteiger partial charge in [-0.25, -0.2) is 0 Å². The number of anilines is 1. The minimum absolute atomic E-state index is 0.00224. The first-order valence-corrected chi connectivity index (χ1v) is 7.74. The van der Waals surface area contributed by atoms with Crippen LogP contribution in [0.1, 0.15) is 22.8 Å². The lowest BCUT2D eigenvalue weighted by Gasteiger charge is -2.20. The summed E-state index contributed by atoms with van der Waals surface area (Å²) in [6, 6.07) is 16.9. The molecule has 0 radical (unpaired) electrons. The molecule has 116 valence electrons. The number of nitrogens with zero attached hydrogens (tertiary/aromatic N) is 2. The van der Waals surface area contributed by atoms with Gasteiger partial charge in [-0.05, 0) is 49.0 Å². The van der Waals surface area contributed by atoms with Crippen LogP contribution in [0.25, 0.3) is 0 Å². The van der Waals surface area contributed by atoms with Gasteiger partial charge in [-0.2, -0.15) is 0 Å². The molecule has 0 atom stereocenters. The van der Waals surface area contributed by atoms with E-state index in [4.69, 9.17) is 12.2 Å². The SMILES string of the molecule is CC(=O)c1ccc(N2C(=O)CN(Cc3ccccc3)C2=S)cc1. The van der Waals surface area contributed by atoms with Gasteiger partial charge >= 0.3 is 0 Å². The third-order valence-corrected chi connectivity index (χ3v) is 4.23. The summed E-state index contributed by atoms with van der Waals surface area (Å²) in [5, 5.41) is 0.495. The van der Waals surface area contributed by atoms with Gasteiger partial charge in [0.05, 0.1) is 5.69 Å². The van der Waals surface area contributed by atoms with Gasteiger partial charge in [0.25, 0.3) is 5.91 Å². The lowest BCUT2D eigenvalue weighted by Crippen LogP contribution is -2.32. The zero-order valence-corrected chi connectivity index (χ0v) is 13.5. The van der Waals surface area contributed by atoms with Gasteiger partial charge in [-0.1, -0.05) is 30.3 Å². The molecule has 4 nitrogen and oxygen atoms in total. The molecule has 1 aliphatic rings. The first-order chi connectivity index (χ1) is 11.1. The van der Waals surface area contributed by atoms with Gasteiger partial charge in [0.1, 0.15) is 6.54 Å². The zero-order valence-electron chi connectivity index (χ0n) is 12.7. The van der Waals surface area contributed by atoms with Gasteiger partial charge in [0.15, 0.2) is 10.9 Å². The average Bonchev–Trinajstić information content (AvgIpc) is 2.82. The summed E-state index contributed by atoms with van der Waals surface area (Å²) < 4.78 is 0. The Balaban J connectivity index is 1.79. The predicted molar refractivity (Wildman–Crippen MR) is 93.4 cm³/mol. The van der Waals surface area contributed by atoms with Crippen LogP contribution in [0.4, 0.5) is 5.69 Å². The molecule has 1 aliphatic heterocycles. The average molecular weight is 324 g/mol. The summed E-state index contributed by atoms with van der Waals surface area (Å²) in [4.78, 5) is 27.1. The van der Waals surface area contributed by atoms with Crippen molar-refractivity contribution in [2.45, 2.75) is 13.5 Å². The number of Topliss-reactive ketones (excluding diaryl/α,β-unsaturated/α-hetero) is 1. The van der Waals surface area contributed by atoms with Gasteiger partial charge < -0.3 is 4.90 Å². The number of thiocarbonyl (C=S) groups is 1. The highest BCUT2D eigenvalue weighted by Crippen LogP contribution is 2.23. The normalized spacial score (nSPS) is 14.5. The number of amides is 1. The third-order valence-electron chi connectivity index (χ3n) is 3.79. The van der Waals surface area contributed by atoms with E-state index in [1.54, 1.807) is 24.3 Å². The van der Waals surface area contributed by atoms with Crippen molar-refractivity contribution in [3.63, 3.8) is 0 Å². The molecule has 1 saturated heterocycles. The van der Waals surface area contributed by atoms with Crippen LogP contribution in [0, 0.1) is 0 Å². The molecule has 0 saturated carbocycles. The highest BCUT2D eigenvalue weighted by molar-refractivity contribution is 7.80. The molecular formula is C18H16N2O2S. The first-order valence-electron chi connectivity index (χ1n) is 7.33. The van der Waals surface area contributed by atoms with Crippen LogP contribution in [0.3, 0.4) is 0 Å².